The highest BCUT2D eigenvalue weighted by Crippen LogP contribution is 2.49. The standard InChI is InChI=1S/C27H30N4O2/c1-16-8-4-6-10-19(16)21-12-23(21)26(32)28-14-18-15-31(3)30-25(18)29-27(33)24-13-22(24)20-11-7-5-9-17(20)2/h4-11,15,21-24H,12-14H2,1-3H3,(H,28,32)(H,29,30,33)/t21-,22+,23-,24+/m1/s1. The zero-order valence-electron chi connectivity index (χ0n) is 19.3. The van der Waals surface area contributed by atoms with Crippen LogP contribution in [0.15, 0.2) is 54.7 Å². The number of anilines is 1. The molecule has 0 spiro atoms. The molecule has 2 N–H and O–H groups in total. The molecule has 0 bridgehead atoms. The Bertz CT molecular complexity index is 1210. The van der Waals surface area contributed by atoms with Gasteiger partial charge in [-0.25, -0.2) is 0 Å². The van der Waals surface area contributed by atoms with E-state index in [-0.39, 0.29) is 29.6 Å². The van der Waals surface area contributed by atoms with Gasteiger partial charge in [-0.3, -0.25) is 14.3 Å². The lowest BCUT2D eigenvalue weighted by Crippen LogP contribution is -2.25. The zero-order chi connectivity index (χ0) is 23.1. The van der Waals surface area contributed by atoms with Crippen LogP contribution in [0, 0.1) is 25.7 Å². The summed E-state index contributed by atoms with van der Waals surface area (Å²) in [6.07, 6.45) is 3.60. The smallest absolute Gasteiger partial charge is 0.229 e. The number of amides is 2. The molecule has 5 rings (SSSR count). The van der Waals surface area contributed by atoms with Crippen LogP contribution >= 0.6 is 0 Å². The van der Waals surface area contributed by atoms with Crippen molar-refractivity contribution in [3.8, 4) is 0 Å². The van der Waals surface area contributed by atoms with E-state index < -0.39 is 0 Å². The fourth-order valence-corrected chi connectivity index (χ4v) is 4.96. The van der Waals surface area contributed by atoms with Gasteiger partial charge in [0.25, 0.3) is 0 Å². The summed E-state index contributed by atoms with van der Waals surface area (Å²) in [7, 11) is 1.82. The molecule has 3 aromatic rings. The largest absolute Gasteiger partial charge is 0.352 e. The van der Waals surface area contributed by atoms with Crippen molar-refractivity contribution in [1.82, 2.24) is 15.1 Å². The molecule has 2 fully saturated rings. The number of nitrogens with one attached hydrogen (secondary N) is 2. The van der Waals surface area contributed by atoms with Crippen molar-refractivity contribution in [2.75, 3.05) is 5.32 Å². The van der Waals surface area contributed by atoms with E-state index in [0.29, 0.717) is 18.3 Å². The lowest BCUT2D eigenvalue weighted by molar-refractivity contribution is -0.122. The maximum Gasteiger partial charge on any atom is 0.229 e. The maximum atomic E-state index is 12.9. The summed E-state index contributed by atoms with van der Waals surface area (Å²) in [6.45, 7) is 4.54. The molecule has 6 heteroatoms. The van der Waals surface area contributed by atoms with E-state index in [2.05, 4.69) is 53.8 Å². The number of aromatic nitrogens is 2. The Balaban J connectivity index is 1.18. The molecule has 2 aliphatic rings. The molecular weight excluding hydrogens is 412 g/mol. The number of carbonyl (C=O) groups excluding carboxylic acids is 2. The predicted molar refractivity (Wildman–Crippen MR) is 128 cm³/mol. The maximum absolute atomic E-state index is 12.9. The van der Waals surface area contributed by atoms with Gasteiger partial charge in [-0.05, 0) is 60.8 Å². The van der Waals surface area contributed by atoms with Gasteiger partial charge < -0.3 is 10.6 Å². The molecule has 2 saturated carbocycles. The minimum Gasteiger partial charge on any atom is -0.352 e. The summed E-state index contributed by atoms with van der Waals surface area (Å²) in [5.41, 5.74) is 5.79. The Morgan fingerprint density at radius 3 is 2.03 bits per heavy atom. The second kappa shape index (κ2) is 8.50. The van der Waals surface area contributed by atoms with Crippen LogP contribution in [0.25, 0.3) is 0 Å². The lowest BCUT2D eigenvalue weighted by Gasteiger charge is -2.08. The van der Waals surface area contributed by atoms with Crippen molar-refractivity contribution in [3.63, 3.8) is 0 Å². The van der Waals surface area contributed by atoms with Gasteiger partial charge in [0.05, 0.1) is 0 Å². The zero-order valence-corrected chi connectivity index (χ0v) is 19.3. The Kier molecular flexibility index (Phi) is 5.52. The molecule has 1 heterocycles. The first-order valence-corrected chi connectivity index (χ1v) is 11.6. The average molecular weight is 443 g/mol. The van der Waals surface area contributed by atoms with Crippen molar-refractivity contribution >= 4 is 17.6 Å². The van der Waals surface area contributed by atoms with Gasteiger partial charge >= 0.3 is 0 Å². The summed E-state index contributed by atoms with van der Waals surface area (Å²) in [6, 6.07) is 16.5. The highest BCUT2D eigenvalue weighted by molar-refractivity contribution is 5.95. The third kappa shape index (κ3) is 4.42. The highest BCUT2D eigenvalue weighted by Gasteiger charge is 2.45. The van der Waals surface area contributed by atoms with E-state index in [4.69, 9.17) is 0 Å². The number of aryl methyl sites for hydroxylation is 3. The third-order valence-electron chi connectivity index (χ3n) is 7.03. The number of hydrogen-bond acceptors (Lipinski definition) is 3. The normalized spacial score (nSPS) is 23.1. The van der Waals surface area contributed by atoms with Gasteiger partial charge in [0.2, 0.25) is 11.8 Å². The summed E-state index contributed by atoms with van der Waals surface area (Å²) in [5.74, 6) is 1.14. The summed E-state index contributed by atoms with van der Waals surface area (Å²) >= 11 is 0. The fraction of sp³-hybridized carbons (Fsp3) is 0.370. The Morgan fingerprint density at radius 2 is 1.45 bits per heavy atom. The van der Waals surface area contributed by atoms with Gasteiger partial charge in [0.1, 0.15) is 0 Å². The molecule has 0 saturated heterocycles. The van der Waals surface area contributed by atoms with Crippen molar-refractivity contribution in [2.24, 2.45) is 18.9 Å². The van der Waals surface area contributed by atoms with Gasteiger partial charge in [-0.15, -0.1) is 0 Å². The molecule has 1 aromatic heterocycles. The summed E-state index contributed by atoms with van der Waals surface area (Å²) in [4.78, 5) is 25.6. The third-order valence-corrected chi connectivity index (χ3v) is 7.03. The van der Waals surface area contributed by atoms with Crippen molar-refractivity contribution in [3.05, 3.63) is 82.5 Å². The Labute approximate surface area is 194 Å². The first-order valence-electron chi connectivity index (χ1n) is 11.6. The van der Waals surface area contributed by atoms with Crippen LogP contribution in [0.4, 0.5) is 5.82 Å². The minimum absolute atomic E-state index is 0.00339. The second-order valence-electron chi connectivity index (χ2n) is 9.49. The van der Waals surface area contributed by atoms with E-state index in [9.17, 15) is 9.59 Å². The van der Waals surface area contributed by atoms with E-state index >= 15 is 0 Å². The highest BCUT2D eigenvalue weighted by atomic mass is 16.2. The van der Waals surface area contributed by atoms with Crippen molar-refractivity contribution in [1.29, 1.82) is 0 Å². The van der Waals surface area contributed by atoms with E-state index in [1.165, 1.54) is 22.3 Å². The summed E-state index contributed by atoms with van der Waals surface area (Å²) < 4.78 is 1.68. The SMILES string of the molecule is Cc1ccccc1[C@H]1C[C@H]1C(=O)NCc1cn(C)nc1NC(=O)[C@H]1C[C@H]1c1ccccc1C. The average Bonchev–Trinajstić information content (AvgIpc) is 3.70. The van der Waals surface area contributed by atoms with Crippen LogP contribution in [-0.2, 0) is 23.2 Å². The molecule has 2 amide bonds. The monoisotopic (exact) mass is 442 g/mol. The Morgan fingerprint density at radius 1 is 0.909 bits per heavy atom. The molecule has 2 aromatic carbocycles. The molecule has 170 valence electrons. The van der Waals surface area contributed by atoms with Crippen LogP contribution in [0.3, 0.4) is 0 Å². The van der Waals surface area contributed by atoms with E-state index in [1.807, 2.05) is 37.5 Å². The van der Waals surface area contributed by atoms with Gasteiger partial charge in [-0.1, -0.05) is 48.5 Å². The summed E-state index contributed by atoms with van der Waals surface area (Å²) in [5, 5.41) is 10.5. The molecule has 2 aliphatic carbocycles. The number of hydrogen-bond donors (Lipinski definition) is 2. The van der Waals surface area contributed by atoms with Crippen LogP contribution in [0.2, 0.25) is 0 Å². The second-order valence-corrected chi connectivity index (χ2v) is 9.49. The van der Waals surface area contributed by atoms with Gasteiger partial charge in [0.15, 0.2) is 5.82 Å². The first kappa shape index (κ1) is 21.4. The lowest BCUT2D eigenvalue weighted by atomic mass is 10.0. The number of carbonyl (C=O) groups is 2. The molecule has 0 radical (unpaired) electrons. The fourth-order valence-electron chi connectivity index (χ4n) is 4.96. The predicted octanol–water partition coefficient (Wildman–Crippen LogP) is 4.20. The molecule has 4 atom stereocenters. The molecular formula is C27H30N4O2. The van der Waals surface area contributed by atoms with Crippen molar-refractivity contribution < 1.29 is 9.59 Å². The van der Waals surface area contributed by atoms with Gasteiger partial charge in [-0.2, -0.15) is 5.10 Å². The molecule has 6 nitrogen and oxygen atoms in total. The van der Waals surface area contributed by atoms with Crippen LogP contribution < -0.4 is 10.6 Å². The first-order chi connectivity index (χ1) is 15.9. The molecule has 0 aliphatic heterocycles. The topological polar surface area (TPSA) is 76.0 Å². The number of benzene rings is 2. The van der Waals surface area contributed by atoms with Crippen molar-refractivity contribution in [2.45, 2.75) is 45.1 Å². The number of nitrogens with zero attached hydrogens (tertiary/aromatic N) is 2. The van der Waals surface area contributed by atoms with E-state index in [0.717, 1.165) is 18.4 Å². The van der Waals surface area contributed by atoms with Crippen LogP contribution in [-0.4, -0.2) is 21.6 Å². The Hall–Kier alpha value is -3.41. The molecule has 0 unspecified atom stereocenters. The van der Waals surface area contributed by atoms with Gasteiger partial charge in [0, 0.05) is 37.2 Å². The minimum atomic E-state index is -0.0307. The number of rotatable bonds is 7. The molecule has 33 heavy (non-hydrogen) atoms. The quantitative estimate of drug-likeness (QED) is 0.576. The van der Waals surface area contributed by atoms with Crippen LogP contribution in [0.5, 0.6) is 0 Å². The van der Waals surface area contributed by atoms with Crippen LogP contribution in [0.1, 0.15) is 52.5 Å². The van der Waals surface area contributed by atoms with E-state index in [1.54, 1.807) is 4.68 Å².